The van der Waals surface area contributed by atoms with Crippen LogP contribution in [0.2, 0.25) is 0 Å². The number of hydrogen-bond donors (Lipinski definition) is 1. The molecule has 45 heavy (non-hydrogen) atoms. The molecule has 0 bridgehead atoms. The number of rotatable bonds is 7. The van der Waals surface area contributed by atoms with Gasteiger partial charge < -0.3 is 9.30 Å². The smallest absolute Gasteiger partial charge is 0.434 e. The Morgan fingerprint density at radius 1 is 0.956 bits per heavy atom. The van der Waals surface area contributed by atoms with Gasteiger partial charge >= 0.3 is 12.4 Å². The van der Waals surface area contributed by atoms with Crippen molar-refractivity contribution in [3.05, 3.63) is 65.1 Å². The number of halogens is 8. The fraction of sp³-hybridized carbons (Fsp3) is 0.333. The van der Waals surface area contributed by atoms with Crippen molar-refractivity contribution >= 4 is 11.2 Å². The molecular weight excluding hydrogens is 618 g/mol. The minimum absolute atomic E-state index is 0.00252. The molecule has 0 aliphatic heterocycles. The van der Waals surface area contributed by atoms with Gasteiger partial charge in [0.2, 0.25) is 11.5 Å². The summed E-state index contributed by atoms with van der Waals surface area (Å²) in [5.74, 6) is -2.96. The van der Waals surface area contributed by atoms with Crippen LogP contribution in [0.1, 0.15) is 35.7 Å². The number of benzene rings is 1. The minimum Gasteiger partial charge on any atom is -0.480 e. The lowest BCUT2D eigenvalue weighted by Gasteiger charge is -2.11. The average molecular weight is 640 g/mol. The fourth-order valence-electron chi connectivity index (χ4n) is 5.09. The van der Waals surface area contributed by atoms with Crippen molar-refractivity contribution in [2.45, 2.75) is 44.2 Å². The van der Waals surface area contributed by atoms with Gasteiger partial charge in [0.25, 0.3) is 0 Å². The molecule has 1 saturated carbocycles. The van der Waals surface area contributed by atoms with Gasteiger partial charge in [-0.15, -0.1) is 0 Å². The zero-order valence-corrected chi connectivity index (χ0v) is 23.3. The summed E-state index contributed by atoms with van der Waals surface area (Å²) in [5.41, 5.74) is -2.48. The Bertz CT molecular complexity index is 1980. The van der Waals surface area contributed by atoms with Crippen LogP contribution in [0.15, 0.2) is 30.9 Å². The van der Waals surface area contributed by atoms with Crippen LogP contribution in [-0.2, 0) is 26.3 Å². The number of nitrogens with one attached hydrogen (secondary N) is 1. The molecule has 6 rings (SSSR count). The van der Waals surface area contributed by atoms with E-state index in [1.54, 1.807) is 0 Å². The Morgan fingerprint density at radius 3 is 2.22 bits per heavy atom. The van der Waals surface area contributed by atoms with E-state index in [1.165, 1.54) is 13.4 Å². The third-order valence-corrected chi connectivity index (χ3v) is 7.20. The van der Waals surface area contributed by atoms with Gasteiger partial charge in [0, 0.05) is 19.2 Å². The Hall–Kier alpha value is -4.90. The van der Waals surface area contributed by atoms with E-state index in [9.17, 15) is 26.3 Å². The van der Waals surface area contributed by atoms with E-state index in [-0.39, 0.29) is 34.3 Å². The molecule has 0 atom stereocenters. The topological polar surface area (TPSA) is 112 Å². The lowest BCUT2D eigenvalue weighted by Crippen LogP contribution is -2.30. The van der Waals surface area contributed by atoms with E-state index in [4.69, 9.17) is 10.1 Å². The zero-order chi connectivity index (χ0) is 32.4. The lowest BCUT2D eigenvalue weighted by molar-refractivity contribution is -0.141. The second-order valence-electron chi connectivity index (χ2n) is 10.4. The molecule has 4 aromatic heterocycles. The Balaban J connectivity index is 1.48. The van der Waals surface area contributed by atoms with E-state index in [2.05, 4.69) is 24.9 Å². The standard InChI is InChI=1S/C27H21F8N9O/c1-42-9-17(27(33,34)35)40-23(42)18-14(28)5-12(6-15(18)29)8-43-22-16(44(25(43)36)10-26(30,31)32)7-37-21(41-22)19-20(13-3-4-13)38-11-39-24(19)45-2/h5-7,9,11,13,36H,3-4,8,10H2,1-2H3. The number of alkyl halides is 6. The summed E-state index contributed by atoms with van der Waals surface area (Å²) >= 11 is 0. The third kappa shape index (κ3) is 5.59. The molecule has 10 nitrogen and oxygen atoms in total. The number of hydrogen-bond acceptors (Lipinski definition) is 7. The number of fused-ring (bicyclic) bond motifs is 1. The number of imidazole rings is 2. The summed E-state index contributed by atoms with van der Waals surface area (Å²) in [4.78, 5) is 20.4. The van der Waals surface area contributed by atoms with Gasteiger partial charge in [-0.25, -0.2) is 33.7 Å². The molecule has 1 fully saturated rings. The van der Waals surface area contributed by atoms with E-state index in [1.807, 2.05) is 0 Å². The van der Waals surface area contributed by atoms with Crippen molar-refractivity contribution < 1.29 is 39.9 Å². The molecule has 4 heterocycles. The second kappa shape index (κ2) is 10.6. The molecule has 1 aliphatic carbocycles. The minimum atomic E-state index is -4.86. The largest absolute Gasteiger partial charge is 0.480 e. The highest BCUT2D eigenvalue weighted by Crippen LogP contribution is 2.45. The van der Waals surface area contributed by atoms with Crippen molar-refractivity contribution in [1.82, 2.24) is 38.6 Å². The summed E-state index contributed by atoms with van der Waals surface area (Å²) in [6.07, 6.45) is -4.95. The molecule has 1 aliphatic rings. The second-order valence-corrected chi connectivity index (χ2v) is 10.4. The quantitative estimate of drug-likeness (QED) is 0.240. The summed E-state index contributed by atoms with van der Waals surface area (Å²) in [7, 11) is 2.51. The first-order chi connectivity index (χ1) is 21.2. The van der Waals surface area contributed by atoms with Crippen LogP contribution in [0.25, 0.3) is 33.9 Å². The molecule has 5 aromatic rings. The maximum absolute atomic E-state index is 15.3. The highest BCUT2D eigenvalue weighted by Gasteiger charge is 2.36. The van der Waals surface area contributed by atoms with E-state index >= 15 is 8.78 Å². The van der Waals surface area contributed by atoms with E-state index < -0.39 is 59.8 Å². The van der Waals surface area contributed by atoms with Gasteiger partial charge in [-0.2, -0.15) is 26.3 Å². The lowest BCUT2D eigenvalue weighted by atomic mass is 10.1. The maximum Gasteiger partial charge on any atom is 0.434 e. The average Bonchev–Trinajstić information content (AvgIpc) is 3.69. The van der Waals surface area contributed by atoms with Crippen LogP contribution in [-0.4, -0.2) is 51.9 Å². The van der Waals surface area contributed by atoms with Crippen LogP contribution in [0.4, 0.5) is 35.1 Å². The Labute approximate surface area is 247 Å². The van der Waals surface area contributed by atoms with E-state index in [0.717, 1.165) is 47.4 Å². The summed E-state index contributed by atoms with van der Waals surface area (Å²) in [6, 6.07) is 1.61. The van der Waals surface area contributed by atoms with Crippen LogP contribution in [0.3, 0.4) is 0 Å². The molecule has 1 N–H and O–H groups in total. The first kappa shape index (κ1) is 30.1. The van der Waals surface area contributed by atoms with Gasteiger partial charge in [0.05, 0.1) is 31.1 Å². The highest BCUT2D eigenvalue weighted by atomic mass is 19.4. The normalized spacial score (nSPS) is 14.0. The number of aromatic nitrogens is 8. The first-order valence-electron chi connectivity index (χ1n) is 13.2. The van der Waals surface area contributed by atoms with Gasteiger partial charge in [0.1, 0.15) is 41.4 Å². The van der Waals surface area contributed by atoms with Crippen LogP contribution < -0.4 is 10.4 Å². The summed E-state index contributed by atoms with van der Waals surface area (Å²) in [6.45, 7) is -2.11. The SMILES string of the molecule is COc1ncnc(C2CC2)c1-c1ncc2c(n1)n(Cc1cc(F)c(-c3nc(C(F)(F)F)cn3C)c(F)c1)c(=N)n2CC(F)(F)F. The molecular formula is C27H21F8N9O. The molecule has 18 heteroatoms. The van der Waals surface area contributed by atoms with Crippen molar-refractivity contribution in [3.63, 3.8) is 0 Å². The van der Waals surface area contributed by atoms with Crippen LogP contribution >= 0.6 is 0 Å². The fourth-order valence-corrected chi connectivity index (χ4v) is 5.09. The number of nitrogens with zero attached hydrogens (tertiary/aromatic N) is 8. The van der Waals surface area contributed by atoms with Crippen molar-refractivity contribution in [2.75, 3.05) is 7.11 Å². The van der Waals surface area contributed by atoms with Crippen LogP contribution in [0, 0.1) is 17.0 Å². The van der Waals surface area contributed by atoms with Gasteiger partial charge in [-0.3, -0.25) is 14.5 Å². The molecule has 0 amide bonds. The monoisotopic (exact) mass is 639 g/mol. The Kier molecular flexibility index (Phi) is 7.11. The number of aryl methyl sites for hydroxylation is 1. The maximum atomic E-state index is 15.3. The van der Waals surface area contributed by atoms with E-state index in [0.29, 0.717) is 22.0 Å². The summed E-state index contributed by atoms with van der Waals surface area (Å²) < 4.78 is 118. The first-order valence-corrected chi connectivity index (χ1v) is 13.2. The highest BCUT2D eigenvalue weighted by molar-refractivity contribution is 5.76. The predicted molar refractivity (Wildman–Crippen MR) is 140 cm³/mol. The third-order valence-electron chi connectivity index (χ3n) is 7.20. The van der Waals surface area contributed by atoms with Gasteiger partial charge in [-0.1, -0.05) is 0 Å². The van der Waals surface area contributed by atoms with Gasteiger partial charge in [-0.05, 0) is 30.5 Å². The van der Waals surface area contributed by atoms with Crippen molar-refractivity contribution in [2.24, 2.45) is 7.05 Å². The van der Waals surface area contributed by atoms with Crippen molar-refractivity contribution in [3.8, 4) is 28.7 Å². The summed E-state index contributed by atoms with van der Waals surface area (Å²) in [5, 5.41) is 8.55. The molecule has 0 spiro atoms. The molecule has 236 valence electrons. The Morgan fingerprint density at radius 2 is 1.64 bits per heavy atom. The number of ether oxygens (including phenoxy) is 1. The van der Waals surface area contributed by atoms with Crippen molar-refractivity contribution in [1.29, 1.82) is 5.41 Å². The van der Waals surface area contributed by atoms with Gasteiger partial charge in [0.15, 0.2) is 17.2 Å². The number of methoxy groups -OCH3 is 1. The predicted octanol–water partition coefficient (Wildman–Crippen LogP) is 5.36. The molecule has 0 saturated heterocycles. The molecule has 1 aromatic carbocycles. The molecule has 0 unspecified atom stereocenters. The zero-order valence-electron chi connectivity index (χ0n) is 23.3. The molecule has 0 radical (unpaired) electrons. The van der Waals surface area contributed by atoms with Crippen LogP contribution in [0.5, 0.6) is 5.88 Å².